The molecule has 1 aromatic carbocycles. The molecule has 0 saturated carbocycles. The fourth-order valence-corrected chi connectivity index (χ4v) is 4.65. The van der Waals surface area contributed by atoms with Crippen molar-refractivity contribution in [1.29, 1.82) is 0 Å². The molecule has 7 heteroatoms. The van der Waals surface area contributed by atoms with Crippen LogP contribution in [0.5, 0.6) is 0 Å². The molecule has 3 rings (SSSR count). The van der Waals surface area contributed by atoms with Gasteiger partial charge in [0.2, 0.25) is 0 Å². The van der Waals surface area contributed by atoms with Crippen LogP contribution in [0.15, 0.2) is 30.5 Å². The van der Waals surface area contributed by atoms with Gasteiger partial charge in [-0.15, -0.1) is 0 Å². The molecule has 1 aliphatic heterocycles. The molecular weight excluding hydrogens is 316 g/mol. The van der Waals surface area contributed by atoms with E-state index in [2.05, 4.69) is 5.32 Å². The third kappa shape index (κ3) is 3.40. The second-order valence-electron chi connectivity index (χ2n) is 5.82. The largest absolute Gasteiger partial charge is 0.383 e. The Hall–Kier alpha value is -1.86. The van der Waals surface area contributed by atoms with E-state index in [-0.39, 0.29) is 23.5 Å². The maximum absolute atomic E-state index is 12.6. The van der Waals surface area contributed by atoms with Gasteiger partial charge in [0, 0.05) is 36.8 Å². The van der Waals surface area contributed by atoms with Crippen LogP contribution in [0.25, 0.3) is 10.9 Å². The first-order chi connectivity index (χ1) is 11.0. The average Bonchev–Trinajstić information content (AvgIpc) is 3.05. The Bertz CT molecular complexity index is 826. The van der Waals surface area contributed by atoms with Gasteiger partial charge in [0.25, 0.3) is 5.91 Å². The summed E-state index contributed by atoms with van der Waals surface area (Å²) < 4.78 is 30.1. The van der Waals surface area contributed by atoms with Crippen LogP contribution in [0, 0.1) is 0 Å². The van der Waals surface area contributed by atoms with Crippen LogP contribution in [-0.2, 0) is 21.1 Å². The number of nitrogens with zero attached hydrogens (tertiary/aromatic N) is 1. The van der Waals surface area contributed by atoms with Gasteiger partial charge in [-0.3, -0.25) is 4.79 Å². The molecule has 2 aromatic rings. The molecule has 1 aromatic heterocycles. The Labute approximate surface area is 135 Å². The van der Waals surface area contributed by atoms with Crippen molar-refractivity contribution in [3.63, 3.8) is 0 Å². The van der Waals surface area contributed by atoms with Crippen LogP contribution in [0.2, 0.25) is 0 Å². The molecule has 0 aliphatic carbocycles. The number of hydrogen-bond donors (Lipinski definition) is 1. The quantitative estimate of drug-likeness (QED) is 0.890. The molecule has 6 nitrogen and oxygen atoms in total. The smallest absolute Gasteiger partial charge is 0.253 e. The van der Waals surface area contributed by atoms with Gasteiger partial charge in [0.05, 0.1) is 23.7 Å². The zero-order chi connectivity index (χ0) is 16.4. The van der Waals surface area contributed by atoms with Gasteiger partial charge in [0.1, 0.15) is 0 Å². The number of para-hydroxylation sites is 1. The lowest BCUT2D eigenvalue weighted by Crippen LogP contribution is -2.35. The fourth-order valence-electron chi connectivity index (χ4n) is 2.97. The molecule has 1 saturated heterocycles. The highest BCUT2D eigenvalue weighted by Gasteiger charge is 2.29. The molecule has 1 atom stereocenters. The third-order valence-electron chi connectivity index (χ3n) is 4.14. The maximum Gasteiger partial charge on any atom is 0.253 e. The molecule has 1 fully saturated rings. The highest BCUT2D eigenvalue weighted by atomic mass is 32.2. The Morgan fingerprint density at radius 3 is 2.87 bits per heavy atom. The zero-order valence-corrected chi connectivity index (χ0v) is 13.8. The number of nitrogens with one attached hydrogen (secondary N) is 1. The minimum atomic E-state index is -3.01. The topological polar surface area (TPSA) is 77.4 Å². The van der Waals surface area contributed by atoms with Crippen molar-refractivity contribution in [1.82, 2.24) is 9.88 Å². The minimum Gasteiger partial charge on any atom is -0.383 e. The summed E-state index contributed by atoms with van der Waals surface area (Å²) in [5.74, 6) is -0.0475. The summed E-state index contributed by atoms with van der Waals surface area (Å²) in [5.41, 5.74) is 1.54. The first-order valence-corrected chi connectivity index (χ1v) is 9.40. The first kappa shape index (κ1) is 16.0. The minimum absolute atomic E-state index is 0.0288. The standard InChI is InChI=1S/C16H20N2O4S/c1-22-8-7-18-10-14(13-4-2-3-5-15(13)18)16(19)17-12-6-9-23(20,21)11-12/h2-5,10,12H,6-9,11H2,1H3,(H,17,19)/t12-/m0/s1. The number of hydrogen-bond acceptors (Lipinski definition) is 4. The normalized spacial score (nSPS) is 20.0. The highest BCUT2D eigenvalue weighted by molar-refractivity contribution is 7.91. The molecule has 0 radical (unpaired) electrons. The van der Waals surface area contributed by atoms with Gasteiger partial charge in [-0.2, -0.15) is 0 Å². The van der Waals surface area contributed by atoms with E-state index < -0.39 is 9.84 Å². The average molecular weight is 336 g/mol. The number of benzene rings is 1. The van der Waals surface area contributed by atoms with Gasteiger partial charge in [-0.25, -0.2) is 8.42 Å². The van der Waals surface area contributed by atoms with Gasteiger partial charge in [0.15, 0.2) is 9.84 Å². The van der Waals surface area contributed by atoms with Gasteiger partial charge in [-0.05, 0) is 12.5 Å². The van der Waals surface area contributed by atoms with Crippen molar-refractivity contribution in [3.8, 4) is 0 Å². The van der Waals surface area contributed by atoms with E-state index in [0.717, 1.165) is 10.9 Å². The Morgan fingerprint density at radius 1 is 1.39 bits per heavy atom. The molecule has 1 N–H and O–H groups in total. The second kappa shape index (κ2) is 6.33. The van der Waals surface area contributed by atoms with Crippen molar-refractivity contribution in [2.75, 3.05) is 25.2 Å². The van der Waals surface area contributed by atoms with Crippen molar-refractivity contribution in [2.45, 2.75) is 19.0 Å². The summed E-state index contributed by atoms with van der Waals surface area (Å²) in [6, 6.07) is 7.38. The van der Waals surface area contributed by atoms with Crippen LogP contribution in [0.1, 0.15) is 16.8 Å². The molecule has 1 amide bonds. The number of ether oxygens (including phenoxy) is 1. The Kier molecular flexibility index (Phi) is 4.41. The number of rotatable bonds is 5. The first-order valence-electron chi connectivity index (χ1n) is 7.58. The fraction of sp³-hybridized carbons (Fsp3) is 0.438. The molecule has 0 spiro atoms. The number of amides is 1. The van der Waals surface area contributed by atoms with Crippen molar-refractivity contribution in [3.05, 3.63) is 36.0 Å². The van der Waals surface area contributed by atoms with Crippen LogP contribution >= 0.6 is 0 Å². The lowest BCUT2D eigenvalue weighted by molar-refractivity contribution is 0.0942. The number of carbonyl (C=O) groups is 1. The monoisotopic (exact) mass is 336 g/mol. The van der Waals surface area contributed by atoms with E-state index in [1.807, 2.05) is 35.0 Å². The maximum atomic E-state index is 12.6. The molecule has 0 bridgehead atoms. The van der Waals surface area contributed by atoms with Gasteiger partial charge >= 0.3 is 0 Å². The van der Waals surface area contributed by atoms with Crippen molar-refractivity contribution in [2.24, 2.45) is 0 Å². The highest BCUT2D eigenvalue weighted by Crippen LogP contribution is 2.22. The Balaban J connectivity index is 1.85. The predicted octanol–water partition coefficient (Wildman–Crippen LogP) is 1.20. The van der Waals surface area contributed by atoms with Gasteiger partial charge in [-0.1, -0.05) is 18.2 Å². The molecule has 0 unspecified atom stereocenters. The molecule has 124 valence electrons. The van der Waals surface area contributed by atoms with Crippen LogP contribution in [-0.4, -0.2) is 50.2 Å². The van der Waals surface area contributed by atoms with Crippen molar-refractivity contribution < 1.29 is 17.9 Å². The SMILES string of the molecule is COCCn1cc(C(=O)N[C@H]2CCS(=O)(=O)C2)c2ccccc21. The Morgan fingerprint density at radius 2 is 2.17 bits per heavy atom. The third-order valence-corrected chi connectivity index (χ3v) is 5.91. The molecule has 2 heterocycles. The van der Waals surface area contributed by atoms with Crippen LogP contribution in [0.3, 0.4) is 0 Å². The van der Waals surface area contributed by atoms with E-state index >= 15 is 0 Å². The summed E-state index contributed by atoms with van der Waals surface area (Å²) >= 11 is 0. The van der Waals surface area contributed by atoms with E-state index in [4.69, 9.17) is 4.74 Å². The van der Waals surface area contributed by atoms with Crippen LogP contribution < -0.4 is 5.32 Å². The second-order valence-corrected chi connectivity index (χ2v) is 8.05. The lowest BCUT2D eigenvalue weighted by atomic mass is 10.1. The number of aromatic nitrogens is 1. The predicted molar refractivity (Wildman–Crippen MR) is 88.3 cm³/mol. The summed E-state index contributed by atoms with van der Waals surface area (Å²) in [5, 5.41) is 3.71. The van der Waals surface area contributed by atoms with E-state index in [1.165, 1.54) is 0 Å². The van der Waals surface area contributed by atoms with Crippen molar-refractivity contribution >= 4 is 26.6 Å². The van der Waals surface area contributed by atoms with Gasteiger partial charge < -0.3 is 14.6 Å². The molecule has 1 aliphatic rings. The van der Waals surface area contributed by atoms with E-state index in [1.54, 1.807) is 7.11 Å². The number of methoxy groups -OCH3 is 1. The zero-order valence-electron chi connectivity index (χ0n) is 13.0. The van der Waals surface area contributed by atoms with Crippen LogP contribution in [0.4, 0.5) is 0 Å². The molecular formula is C16H20N2O4S. The summed E-state index contributed by atoms with van der Waals surface area (Å²) in [6.07, 6.45) is 2.29. The van der Waals surface area contributed by atoms with E-state index in [9.17, 15) is 13.2 Å². The summed E-state index contributed by atoms with van der Waals surface area (Å²) in [4.78, 5) is 12.6. The number of fused-ring (bicyclic) bond motifs is 1. The number of carbonyl (C=O) groups excluding carboxylic acids is 1. The lowest BCUT2D eigenvalue weighted by Gasteiger charge is -2.10. The number of sulfone groups is 1. The summed E-state index contributed by atoms with van der Waals surface area (Å²) in [6.45, 7) is 1.21. The molecule has 23 heavy (non-hydrogen) atoms. The van der Waals surface area contributed by atoms with E-state index in [0.29, 0.717) is 25.1 Å². The summed E-state index contributed by atoms with van der Waals surface area (Å²) in [7, 11) is -1.37.